The minimum absolute atomic E-state index is 0.0428. The average molecular weight is 822 g/mol. The van der Waals surface area contributed by atoms with Gasteiger partial charge in [0, 0.05) is 19.3 Å². The van der Waals surface area contributed by atoms with Crippen molar-refractivity contribution in [1.82, 2.24) is 0 Å². The fourth-order valence-electron chi connectivity index (χ4n) is 7.52. The number of carbonyl (C=O) groups is 3. The van der Waals surface area contributed by atoms with E-state index in [0.29, 0.717) is 12.8 Å². The number of aliphatic carboxylic acids is 1. The summed E-state index contributed by atoms with van der Waals surface area (Å²) in [5.41, 5.74) is 0. The van der Waals surface area contributed by atoms with Crippen LogP contribution in [0.2, 0.25) is 0 Å². The SMILES string of the molecule is CCCC/C=C\CCCCCCCC(=O)OC(COCCC(C(=O)[O-])[N+](C)(C)C)COC(=O)CCCCCCCCCCCCCCCCCCCCCCCCC. The zero-order valence-electron chi connectivity index (χ0n) is 39.0. The number of allylic oxidation sites excluding steroid dienone is 2. The Kier molecular flexibility index (Phi) is 40.4. The molecule has 0 fully saturated rings. The lowest BCUT2D eigenvalue weighted by Gasteiger charge is -2.34. The number of esters is 2. The number of rotatable bonds is 45. The number of likely N-dealkylation sites (N-methyl/N-ethyl adjacent to an activating group) is 1. The van der Waals surface area contributed by atoms with Crippen molar-refractivity contribution in [3.63, 3.8) is 0 Å². The van der Waals surface area contributed by atoms with Crippen LogP contribution in [-0.4, -0.2) is 75.5 Å². The second kappa shape index (κ2) is 41.8. The van der Waals surface area contributed by atoms with Crippen molar-refractivity contribution in [1.29, 1.82) is 0 Å². The quantitative estimate of drug-likeness (QED) is 0.0261. The molecule has 0 saturated carbocycles. The Hall–Kier alpha value is -1.93. The van der Waals surface area contributed by atoms with E-state index in [4.69, 9.17) is 14.2 Å². The highest BCUT2D eigenvalue weighted by molar-refractivity contribution is 5.70. The molecule has 0 aromatic heterocycles. The van der Waals surface area contributed by atoms with Gasteiger partial charge in [-0.1, -0.05) is 199 Å². The van der Waals surface area contributed by atoms with Gasteiger partial charge in [-0.05, 0) is 32.1 Å². The Labute approximate surface area is 359 Å². The van der Waals surface area contributed by atoms with E-state index in [1.165, 1.54) is 154 Å². The number of carbonyl (C=O) groups excluding carboxylic acids is 3. The van der Waals surface area contributed by atoms with Crippen LogP contribution in [0, 0.1) is 0 Å². The van der Waals surface area contributed by atoms with Crippen LogP contribution in [0.15, 0.2) is 12.2 Å². The maximum atomic E-state index is 12.7. The van der Waals surface area contributed by atoms with Crippen molar-refractivity contribution < 1.29 is 38.2 Å². The fourth-order valence-corrected chi connectivity index (χ4v) is 7.52. The van der Waals surface area contributed by atoms with Crippen LogP contribution in [0.25, 0.3) is 0 Å². The van der Waals surface area contributed by atoms with Gasteiger partial charge in [-0.25, -0.2) is 0 Å². The van der Waals surface area contributed by atoms with E-state index in [1.54, 1.807) is 21.1 Å². The van der Waals surface area contributed by atoms with Crippen LogP contribution in [0.1, 0.15) is 239 Å². The smallest absolute Gasteiger partial charge is 0.306 e. The molecule has 0 amide bonds. The van der Waals surface area contributed by atoms with E-state index in [2.05, 4.69) is 26.0 Å². The van der Waals surface area contributed by atoms with E-state index in [-0.39, 0.29) is 42.7 Å². The number of unbranched alkanes of at least 4 members (excludes halogenated alkanes) is 29. The standard InChI is InChI=1S/C50H95NO7/c1-6-8-10-12-14-16-18-19-20-21-22-23-24-25-26-27-28-29-31-32-34-36-38-40-48(52)57-45-46(44-56-43-42-47(50(54)55)51(3,4)5)58-49(53)41-39-37-35-33-30-17-15-13-11-9-7-2/h13,15,46-47H,6-12,14,16-45H2,1-5H3/b15-13-. The van der Waals surface area contributed by atoms with Crippen LogP contribution in [-0.2, 0) is 28.6 Å². The number of hydrogen-bond donors (Lipinski definition) is 0. The van der Waals surface area contributed by atoms with Gasteiger partial charge < -0.3 is 28.6 Å². The lowest BCUT2D eigenvalue weighted by Crippen LogP contribution is -2.55. The minimum atomic E-state index is -1.12. The van der Waals surface area contributed by atoms with E-state index < -0.39 is 18.1 Å². The Morgan fingerprint density at radius 2 is 0.879 bits per heavy atom. The summed E-state index contributed by atoms with van der Waals surface area (Å²) in [6.07, 6.45) is 45.4. The molecule has 8 nitrogen and oxygen atoms in total. The Balaban J connectivity index is 4.11. The van der Waals surface area contributed by atoms with Crippen LogP contribution in [0.4, 0.5) is 0 Å². The van der Waals surface area contributed by atoms with E-state index >= 15 is 0 Å². The van der Waals surface area contributed by atoms with Gasteiger partial charge in [0.2, 0.25) is 0 Å². The molecule has 0 aromatic carbocycles. The first-order valence-electron chi connectivity index (χ1n) is 24.7. The normalized spacial score (nSPS) is 12.9. The van der Waals surface area contributed by atoms with Crippen LogP contribution >= 0.6 is 0 Å². The molecule has 2 unspecified atom stereocenters. The molecule has 0 aliphatic heterocycles. The van der Waals surface area contributed by atoms with Crippen molar-refractivity contribution in [3.8, 4) is 0 Å². The van der Waals surface area contributed by atoms with E-state index in [1.807, 2.05) is 0 Å². The maximum Gasteiger partial charge on any atom is 0.306 e. The zero-order chi connectivity index (χ0) is 42.8. The van der Waals surface area contributed by atoms with Crippen molar-refractivity contribution in [2.24, 2.45) is 0 Å². The number of ether oxygens (including phenoxy) is 3. The van der Waals surface area contributed by atoms with Gasteiger partial charge in [0.05, 0.1) is 40.3 Å². The summed E-state index contributed by atoms with van der Waals surface area (Å²) < 4.78 is 17.2. The summed E-state index contributed by atoms with van der Waals surface area (Å²) in [6, 6.07) is -0.723. The number of quaternary nitrogens is 1. The molecule has 2 atom stereocenters. The maximum absolute atomic E-state index is 12.7. The second-order valence-corrected chi connectivity index (χ2v) is 18.1. The van der Waals surface area contributed by atoms with Crippen molar-refractivity contribution in [2.45, 2.75) is 251 Å². The molecular weight excluding hydrogens is 727 g/mol. The molecule has 58 heavy (non-hydrogen) atoms. The monoisotopic (exact) mass is 822 g/mol. The van der Waals surface area contributed by atoms with Crippen LogP contribution in [0.5, 0.6) is 0 Å². The lowest BCUT2D eigenvalue weighted by molar-refractivity contribution is -0.889. The molecule has 0 saturated heterocycles. The first-order chi connectivity index (χ1) is 28.1. The van der Waals surface area contributed by atoms with E-state index in [9.17, 15) is 19.5 Å². The topological polar surface area (TPSA) is 102 Å². The van der Waals surface area contributed by atoms with Gasteiger partial charge in [-0.15, -0.1) is 0 Å². The van der Waals surface area contributed by atoms with Crippen molar-refractivity contribution >= 4 is 17.9 Å². The van der Waals surface area contributed by atoms with Crippen LogP contribution < -0.4 is 5.11 Å². The molecule has 0 N–H and O–H groups in total. The molecule has 0 aliphatic carbocycles. The highest BCUT2D eigenvalue weighted by Crippen LogP contribution is 2.17. The van der Waals surface area contributed by atoms with E-state index in [0.717, 1.165) is 51.4 Å². The number of hydrogen-bond acceptors (Lipinski definition) is 7. The summed E-state index contributed by atoms with van der Waals surface area (Å²) in [4.78, 5) is 36.9. The number of carboxylic acid groups (broad SMARTS) is 1. The molecule has 8 heteroatoms. The zero-order valence-corrected chi connectivity index (χ0v) is 39.0. The predicted octanol–water partition coefficient (Wildman–Crippen LogP) is 12.5. The molecule has 0 aromatic rings. The third-order valence-corrected chi connectivity index (χ3v) is 11.4. The predicted molar refractivity (Wildman–Crippen MR) is 241 cm³/mol. The summed E-state index contributed by atoms with van der Waals surface area (Å²) in [5.74, 6) is -1.73. The van der Waals surface area contributed by atoms with Gasteiger partial charge in [0.1, 0.15) is 12.6 Å². The summed E-state index contributed by atoms with van der Waals surface area (Å²) in [6.45, 7) is 4.65. The molecule has 0 rings (SSSR count). The van der Waals surface area contributed by atoms with Gasteiger partial charge in [-0.3, -0.25) is 9.59 Å². The molecular formula is C50H95NO7. The largest absolute Gasteiger partial charge is 0.544 e. The molecule has 342 valence electrons. The summed E-state index contributed by atoms with van der Waals surface area (Å²) >= 11 is 0. The fraction of sp³-hybridized carbons (Fsp3) is 0.900. The highest BCUT2D eigenvalue weighted by atomic mass is 16.6. The van der Waals surface area contributed by atoms with Crippen molar-refractivity contribution in [3.05, 3.63) is 12.2 Å². The minimum Gasteiger partial charge on any atom is -0.544 e. The Morgan fingerprint density at radius 3 is 1.29 bits per heavy atom. The Morgan fingerprint density at radius 1 is 0.500 bits per heavy atom. The first kappa shape index (κ1) is 56.1. The molecule has 0 aliphatic rings. The summed E-state index contributed by atoms with van der Waals surface area (Å²) in [5, 5.41) is 11.6. The van der Waals surface area contributed by atoms with Crippen molar-refractivity contribution in [2.75, 3.05) is 41.0 Å². The summed E-state index contributed by atoms with van der Waals surface area (Å²) in [7, 11) is 5.41. The average Bonchev–Trinajstić information content (AvgIpc) is 3.18. The van der Waals surface area contributed by atoms with Gasteiger partial charge >= 0.3 is 11.9 Å². The number of nitrogens with zero attached hydrogens (tertiary/aromatic N) is 1. The lowest BCUT2D eigenvalue weighted by atomic mass is 10.0. The Bertz CT molecular complexity index is 962. The first-order valence-corrected chi connectivity index (χ1v) is 24.7. The molecule has 0 bridgehead atoms. The van der Waals surface area contributed by atoms with Gasteiger partial charge in [-0.2, -0.15) is 0 Å². The molecule has 0 heterocycles. The third kappa shape index (κ3) is 39.5. The number of carboxylic acids is 1. The van der Waals surface area contributed by atoms with Gasteiger partial charge in [0.15, 0.2) is 6.10 Å². The van der Waals surface area contributed by atoms with Gasteiger partial charge in [0.25, 0.3) is 0 Å². The molecule has 0 radical (unpaired) electrons. The second-order valence-electron chi connectivity index (χ2n) is 18.1. The third-order valence-electron chi connectivity index (χ3n) is 11.4. The van der Waals surface area contributed by atoms with Crippen LogP contribution in [0.3, 0.4) is 0 Å². The molecule has 0 spiro atoms. The highest BCUT2D eigenvalue weighted by Gasteiger charge is 2.25.